The second-order valence-electron chi connectivity index (χ2n) is 12.5. The van der Waals surface area contributed by atoms with Crippen LogP contribution in [0.2, 0.25) is 0 Å². The van der Waals surface area contributed by atoms with E-state index >= 15 is 0 Å². The molecule has 212 valence electrons. The van der Waals surface area contributed by atoms with Crippen LogP contribution in [-0.4, -0.2) is 53.2 Å². The molecule has 2 N–H and O–H groups in total. The van der Waals surface area contributed by atoms with Gasteiger partial charge >= 0.3 is 5.88 Å². The van der Waals surface area contributed by atoms with Crippen molar-refractivity contribution in [2.75, 3.05) is 25.2 Å². The van der Waals surface area contributed by atoms with Crippen molar-refractivity contribution in [3.05, 3.63) is 71.7 Å². The Kier molecular flexibility index (Phi) is 5.74. The van der Waals surface area contributed by atoms with Crippen molar-refractivity contribution < 1.29 is 24.3 Å². The van der Waals surface area contributed by atoms with Crippen LogP contribution in [0.3, 0.4) is 0 Å². The lowest BCUT2D eigenvalue weighted by atomic mass is 9.83. The minimum atomic E-state index is -0.772. The number of aliphatic hydroxyl groups excluding tert-OH is 1. The molecule has 2 saturated carbocycles. The summed E-state index contributed by atoms with van der Waals surface area (Å²) in [4.78, 5) is 37.1. The first-order valence-electron chi connectivity index (χ1n) is 14.2. The molecule has 0 radical (unpaired) electrons. The zero-order chi connectivity index (χ0) is 28.6. The van der Waals surface area contributed by atoms with Gasteiger partial charge in [0, 0.05) is 42.3 Å². The van der Waals surface area contributed by atoms with E-state index in [0.29, 0.717) is 30.5 Å². The molecule has 1 spiro atoms. The molecule has 3 fully saturated rings. The van der Waals surface area contributed by atoms with Crippen molar-refractivity contribution in [2.45, 2.75) is 56.6 Å². The number of aliphatic hydroxyl groups is 1. The number of carbonyl (C=O) groups is 1. The highest BCUT2D eigenvalue weighted by atomic mass is 16.7. The number of ether oxygens (including phenoxy) is 1. The van der Waals surface area contributed by atoms with E-state index in [1.807, 2.05) is 36.4 Å². The first-order valence-corrected chi connectivity index (χ1v) is 14.2. The summed E-state index contributed by atoms with van der Waals surface area (Å²) in [5.41, 5.74) is 5.05. The van der Waals surface area contributed by atoms with Crippen LogP contribution in [0.4, 0.5) is 5.69 Å². The van der Waals surface area contributed by atoms with Gasteiger partial charge < -0.3 is 24.1 Å². The molecule has 1 amide bonds. The fourth-order valence-electron chi connectivity index (χ4n) is 7.46. The number of benzene rings is 2. The smallest absolute Gasteiger partial charge is 0.332 e. The second-order valence-corrected chi connectivity index (χ2v) is 12.5. The third kappa shape index (κ3) is 3.87. The zero-order valence-corrected chi connectivity index (χ0v) is 23.5. The monoisotopic (exact) mass is 554 g/mol. The number of nitrogens with zero attached hydrogens (tertiary/aromatic N) is 3. The molecular formula is C32H34N4O5. The number of aromatic nitrogens is 1. The van der Waals surface area contributed by atoms with E-state index in [1.54, 1.807) is 17.9 Å². The molecule has 2 unspecified atom stereocenters. The van der Waals surface area contributed by atoms with E-state index in [-0.39, 0.29) is 35.3 Å². The Bertz CT molecular complexity index is 1640. The van der Waals surface area contributed by atoms with E-state index in [0.717, 1.165) is 35.9 Å². The van der Waals surface area contributed by atoms with Gasteiger partial charge in [0.05, 0.1) is 5.60 Å². The molecule has 7 rings (SSSR count). The van der Waals surface area contributed by atoms with Gasteiger partial charge in [-0.2, -0.15) is 4.99 Å². The molecule has 4 aliphatic rings. The number of fused-ring (bicyclic) bond motifs is 1. The molecule has 9 heteroatoms. The summed E-state index contributed by atoms with van der Waals surface area (Å²) >= 11 is 0. The molecule has 2 aromatic carbocycles. The number of nitrogens with one attached hydrogen (secondary N) is 1. The highest BCUT2D eigenvalue weighted by Crippen LogP contribution is 2.80. The SMILES string of the molecule is CN(C(=O)c1cc2cc([C@H]3CCOC(C)(C)C3)ccc2n1[C@]1(C2=NC(=C=O)ON2)CC12CC2CO)c1ccccc1. The lowest BCUT2D eigenvalue weighted by Crippen LogP contribution is -2.41. The first kappa shape index (κ1) is 26.0. The van der Waals surface area contributed by atoms with Crippen molar-refractivity contribution in [3.8, 4) is 0 Å². The normalized spacial score (nSPS) is 29.5. The van der Waals surface area contributed by atoms with E-state index < -0.39 is 5.54 Å². The van der Waals surface area contributed by atoms with E-state index in [4.69, 9.17) is 9.57 Å². The fraction of sp³-hybridized carbons (Fsp3) is 0.438. The van der Waals surface area contributed by atoms with Gasteiger partial charge in [0.25, 0.3) is 5.91 Å². The topological polar surface area (TPSA) is 105 Å². The van der Waals surface area contributed by atoms with Crippen LogP contribution in [0.1, 0.15) is 61.5 Å². The van der Waals surface area contributed by atoms with E-state index in [1.165, 1.54) is 5.56 Å². The highest BCUT2D eigenvalue weighted by Gasteiger charge is 2.83. The average Bonchev–Trinajstić information content (AvgIpc) is 3.69. The maximum atomic E-state index is 14.3. The minimum Gasteiger partial charge on any atom is -0.396 e. The summed E-state index contributed by atoms with van der Waals surface area (Å²) in [6.45, 7) is 5.03. The zero-order valence-electron chi connectivity index (χ0n) is 23.5. The fourth-order valence-corrected chi connectivity index (χ4v) is 7.46. The molecule has 3 heterocycles. The summed E-state index contributed by atoms with van der Waals surface area (Å²) in [7, 11) is 1.78. The number of para-hydroxylation sites is 1. The van der Waals surface area contributed by atoms with E-state index in [2.05, 4.69) is 47.1 Å². The van der Waals surface area contributed by atoms with Gasteiger partial charge in [-0.1, -0.05) is 24.3 Å². The van der Waals surface area contributed by atoms with Crippen LogP contribution in [-0.2, 0) is 19.9 Å². The number of hydrogen-bond acceptors (Lipinski definition) is 7. The lowest BCUT2D eigenvalue weighted by molar-refractivity contribution is -0.0592. The minimum absolute atomic E-state index is 0.0440. The Labute approximate surface area is 238 Å². The van der Waals surface area contributed by atoms with Crippen LogP contribution in [0, 0.1) is 11.3 Å². The van der Waals surface area contributed by atoms with Crippen molar-refractivity contribution in [1.82, 2.24) is 10.0 Å². The summed E-state index contributed by atoms with van der Waals surface area (Å²) < 4.78 is 8.05. The second kappa shape index (κ2) is 9.05. The number of anilines is 1. The van der Waals surface area contributed by atoms with Crippen LogP contribution >= 0.6 is 0 Å². The van der Waals surface area contributed by atoms with Crippen LogP contribution in [0.5, 0.6) is 0 Å². The van der Waals surface area contributed by atoms with Gasteiger partial charge in [0.1, 0.15) is 11.2 Å². The molecule has 2 aliphatic carbocycles. The first-order chi connectivity index (χ1) is 19.7. The number of carbonyl (C=O) groups excluding carboxylic acids is 2. The standard InChI is InChI=1S/C32H34N4O5/c1-30(2)15-21(11-12-40-30)20-9-10-25-22(13-20)14-26(28(39)35(3)24-7-5-4-6-8-24)36(25)32(19-31(32)16-23(31)17-37)29-33-27(18-38)41-34-29/h4-10,13-14,21,23,37H,11-12,15-17,19H2,1-3H3,(H,33,34)/t21-,23?,31?,32-/m0/s1. The van der Waals surface area contributed by atoms with Crippen LogP contribution < -0.4 is 10.4 Å². The maximum absolute atomic E-state index is 14.3. The van der Waals surface area contributed by atoms with Gasteiger partial charge in [0.15, 0.2) is 11.8 Å². The Morgan fingerprint density at radius 2 is 2.00 bits per heavy atom. The molecule has 1 saturated heterocycles. The Morgan fingerprint density at radius 3 is 2.68 bits per heavy atom. The summed E-state index contributed by atoms with van der Waals surface area (Å²) in [6, 6.07) is 18.0. The van der Waals surface area contributed by atoms with Gasteiger partial charge in [-0.25, -0.2) is 10.3 Å². The van der Waals surface area contributed by atoms with Crippen molar-refractivity contribution >= 4 is 34.3 Å². The van der Waals surface area contributed by atoms with Crippen LogP contribution in [0.15, 0.2) is 65.5 Å². The molecule has 4 atom stereocenters. The summed E-state index contributed by atoms with van der Waals surface area (Å²) in [5.74, 6) is 2.29. The molecule has 2 aliphatic heterocycles. The number of hydroxylamine groups is 1. The van der Waals surface area contributed by atoms with Crippen molar-refractivity contribution in [1.29, 1.82) is 0 Å². The lowest BCUT2D eigenvalue weighted by Gasteiger charge is -2.35. The van der Waals surface area contributed by atoms with Gasteiger partial charge in [0.2, 0.25) is 0 Å². The van der Waals surface area contributed by atoms with Crippen molar-refractivity contribution in [3.63, 3.8) is 0 Å². The number of aliphatic imine (C=N–C) groups is 1. The third-order valence-corrected chi connectivity index (χ3v) is 9.70. The van der Waals surface area contributed by atoms with Gasteiger partial charge in [-0.05, 0) is 87.3 Å². The largest absolute Gasteiger partial charge is 0.396 e. The number of rotatable bonds is 6. The number of amidine groups is 1. The highest BCUT2D eigenvalue weighted by molar-refractivity contribution is 6.09. The molecule has 41 heavy (non-hydrogen) atoms. The maximum Gasteiger partial charge on any atom is 0.332 e. The predicted molar refractivity (Wildman–Crippen MR) is 154 cm³/mol. The molecule has 1 aromatic heterocycles. The number of hydrogen-bond donors (Lipinski definition) is 2. The third-order valence-electron chi connectivity index (χ3n) is 9.70. The van der Waals surface area contributed by atoms with Crippen LogP contribution in [0.25, 0.3) is 10.9 Å². The molecule has 9 nitrogen and oxygen atoms in total. The Morgan fingerprint density at radius 1 is 1.20 bits per heavy atom. The summed E-state index contributed by atoms with van der Waals surface area (Å²) in [6.07, 6.45) is 3.33. The Balaban J connectivity index is 1.41. The van der Waals surface area contributed by atoms with Gasteiger partial charge in [-0.15, -0.1) is 0 Å². The van der Waals surface area contributed by atoms with Crippen molar-refractivity contribution in [2.24, 2.45) is 16.3 Å². The number of amides is 1. The molecule has 3 aromatic rings. The molecule has 0 bridgehead atoms. The quantitative estimate of drug-likeness (QED) is 0.441. The van der Waals surface area contributed by atoms with E-state index in [9.17, 15) is 14.7 Å². The molecular weight excluding hydrogens is 520 g/mol. The predicted octanol–water partition coefficient (Wildman–Crippen LogP) is 4.29. The van der Waals surface area contributed by atoms with Gasteiger partial charge in [-0.3, -0.25) is 4.79 Å². The average molecular weight is 555 g/mol. The Hall–Kier alpha value is -3.91. The summed E-state index contributed by atoms with van der Waals surface area (Å²) in [5, 5.41) is 11.1.